The summed E-state index contributed by atoms with van der Waals surface area (Å²) in [6.07, 6.45) is 2.55. The van der Waals surface area contributed by atoms with Gasteiger partial charge in [0.25, 0.3) is 11.5 Å². The third kappa shape index (κ3) is 3.05. The van der Waals surface area contributed by atoms with Crippen molar-refractivity contribution in [3.8, 4) is 0 Å². The first kappa shape index (κ1) is 15.6. The maximum Gasteiger partial charge on any atom is 0.261 e. The highest BCUT2D eigenvalue weighted by atomic mass is 16.1. The first-order valence-electron chi connectivity index (χ1n) is 8.58. The lowest BCUT2D eigenvalue weighted by molar-refractivity contribution is 0.0954. The van der Waals surface area contributed by atoms with E-state index >= 15 is 0 Å². The number of hydrogen-bond donors (Lipinski definition) is 1. The average molecular weight is 333 g/mol. The molecule has 5 nitrogen and oxygen atoms in total. The smallest absolute Gasteiger partial charge is 0.261 e. The number of carbonyl (C=O) groups excluding carboxylic acids is 1. The van der Waals surface area contributed by atoms with Crippen molar-refractivity contribution >= 4 is 16.8 Å². The summed E-state index contributed by atoms with van der Waals surface area (Å²) < 4.78 is 1.74. The van der Waals surface area contributed by atoms with Gasteiger partial charge >= 0.3 is 0 Å². The van der Waals surface area contributed by atoms with Crippen LogP contribution in [0.25, 0.3) is 10.9 Å². The summed E-state index contributed by atoms with van der Waals surface area (Å²) in [5, 5.41) is 3.50. The molecule has 126 valence electrons. The Morgan fingerprint density at radius 2 is 2.00 bits per heavy atom. The van der Waals surface area contributed by atoms with Crippen molar-refractivity contribution in [2.45, 2.75) is 25.8 Å². The molecule has 1 N–H and O–H groups in total. The lowest BCUT2D eigenvalue weighted by atomic mass is 10.1. The zero-order valence-electron chi connectivity index (χ0n) is 13.9. The Labute approximate surface area is 145 Å². The van der Waals surface area contributed by atoms with Crippen LogP contribution in [-0.4, -0.2) is 22.0 Å². The zero-order valence-corrected chi connectivity index (χ0v) is 13.9. The van der Waals surface area contributed by atoms with Crippen molar-refractivity contribution < 1.29 is 4.79 Å². The minimum atomic E-state index is -0.139. The molecule has 3 aromatic rings. The number of nitrogens with zero attached hydrogens (tertiary/aromatic N) is 2. The van der Waals surface area contributed by atoms with Crippen LogP contribution in [0, 0.1) is 0 Å². The van der Waals surface area contributed by atoms with Crippen molar-refractivity contribution in [1.29, 1.82) is 0 Å². The third-order valence-corrected chi connectivity index (χ3v) is 4.62. The Hall–Kier alpha value is -2.95. The minimum Gasteiger partial charge on any atom is -0.352 e. The highest BCUT2D eigenvalue weighted by molar-refractivity contribution is 5.97. The molecule has 25 heavy (non-hydrogen) atoms. The van der Waals surface area contributed by atoms with Gasteiger partial charge in [-0.05, 0) is 36.6 Å². The van der Waals surface area contributed by atoms with Gasteiger partial charge in [-0.1, -0.05) is 30.3 Å². The standard InChI is InChI=1S/C20H19N3O2/c24-19(21-11-10-14-5-2-1-3-6-14)15-8-9-16-17(13-15)22-18-7-4-12-23(18)20(16)25/h1-3,5-6,8-9,13H,4,7,10-12H2,(H,21,24). The van der Waals surface area contributed by atoms with Gasteiger partial charge in [-0.3, -0.25) is 14.2 Å². The van der Waals surface area contributed by atoms with Crippen LogP contribution in [-0.2, 0) is 19.4 Å². The van der Waals surface area contributed by atoms with Crippen LogP contribution in [0.5, 0.6) is 0 Å². The van der Waals surface area contributed by atoms with Gasteiger partial charge in [0.2, 0.25) is 0 Å². The molecule has 0 aliphatic carbocycles. The normalized spacial score (nSPS) is 13.0. The molecule has 0 fully saturated rings. The summed E-state index contributed by atoms with van der Waals surface area (Å²) in [4.78, 5) is 29.4. The molecule has 0 spiro atoms. The maximum absolute atomic E-state index is 12.5. The van der Waals surface area contributed by atoms with E-state index in [1.807, 2.05) is 30.3 Å². The molecule has 4 rings (SSSR count). The van der Waals surface area contributed by atoms with Crippen molar-refractivity contribution in [2.24, 2.45) is 0 Å². The molecular weight excluding hydrogens is 314 g/mol. The van der Waals surface area contributed by atoms with Crippen molar-refractivity contribution in [3.63, 3.8) is 0 Å². The van der Waals surface area contributed by atoms with E-state index in [0.717, 1.165) is 31.6 Å². The van der Waals surface area contributed by atoms with Crippen LogP contribution in [0.2, 0.25) is 0 Å². The van der Waals surface area contributed by atoms with E-state index in [-0.39, 0.29) is 11.5 Å². The van der Waals surface area contributed by atoms with Crippen molar-refractivity contribution in [1.82, 2.24) is 14.9 Å². The van der Waals surface area contributed by atoms with E-state index in [1.54, 1.807) is 22.8 Å². The molecule has 5 heteroatoms. The number of benzene rings is 2. The number of aromatic nitrogens is 2. The SMILES string of the molecule is O=C(NCCc1ccccc1)c1ccc2c(=O)n3c(nc2c1)CCC3. The maximum atomic E-state index is 12.5. The van der Waals surface area contributed by atoms with E-state index in [2.05, 4.69) is 10.3 Å². The molecule has 0 unspecified atom stereocenters. The molecular formula is C20H19N3O2. The van der Waals surface area contributed by atoms with E-state index in [1.165, 1.54) is 5.56 Å². The predicted molar refractivity (Wildman–Crippen MR) is 96.8 cm³/mol. The highest BCUT2D eigenvalue weighted by Crippen LogP contribution is 2.16. The first-order chi connectivity index (χ1) is 12.2. The van der Waals surface area contributed by atoms with Gasteiger partial charge in [0.1, 0.15) is 5.82 Å². The average Bonchev–Trinajstić information content (AvgIpc) is 3.11. The Kier molecular flexibility index (Phi) is 4.06. The van der Waals surface area contributed by atoms with Gasteiger partial charge in [0.05, 0.1) is 10.9 Å². The molecule has 1 aromatic heterocycles. The molecule has 0 bridgehead atoms. The van der Waals surface area contributed by atoms with Gasteiger partial charge < -0.3 is 5.32 Å². The second kappa shape index (κ2) is 6.51. The Morgan fingerprint density at radius 3 is 2.84 bits per heavy atom. The summed E-state index contributed by atoms with van der Waals surface area (Å²) in [6, 6.07) is 15.2. The number of amides is 1. The van der Waals surface area contributed by atoms with Crippen LogP contribution >= 0.6 is 0 Å². The number of carbonyl (C=O) groups is 1. The molecule has 0 atom stereocenters. The largest absolute Gasteiger partial charge is 0.352 e. The van der Waals surface area contributed by atoms with Crippen LogP contribution in [0.3, 0.4) is 0 Å². The number of aryl methyl sites for hydroxylation is 1. The number of hydrogen-bond acceptors (Lipinski definition) is 3. The summed E-state index contributed by atoms with van der Waals surface area (Å²) in [6.45, 7) is 1.31. The second-order valence-electron chi connectivity index (χ2n) is 6.31. The topological polar surface area (TPSA) is 64.0 Å². The molecule has 0 saturated heterocycles. The predicted octanol–water partition coefficient (Wildman–Crippen LogP) is 2.32. The summed E-state index contributed by atoms with van der Waals surface area (Å²) in [5.74, 6) is 0.680. The van der Waals surface area contributed by atoms with E-state index in [9.17, 15) is 9.59 Å². The van der Waals surface area contributed by atoms with Gasteiger partial charge in [-0.15, -0.1) is 0 Å². The zero-order chi connectivity index (χ0) is 17.2. The van der Waals surface area contributed by atoms with Gasteiger partial charge in [-0.2, -0.15) is 0 Å². The monoisotopic (exact) mass is 333 g/mol. The fraction of sp³-hybridized carbons (Fsp3) is 0.250. The minimum absolute atomic E-state index is 0.00599. The van der Waals surface area contributed by atoms with E-state index in [0.29, 0.717) is 23.0 Å². The van der Waals surface area contributed by atoms with Gasteiger partial charge in [0, 0.05) is 25.1 Å². The molecule has 0 radical (unpaired) electrons. The number of rotatable bonds is 4. The summed E-state index contributed by atoms with van der Waals surface area (Å²) in [5.41, 5.74) is 2.32. The van der Waals surface area contributed by atoms with Gasteiger partial charge in [0.15, 0.2) is 0 Å². The molecule has 2 aromatic carbocycles. The summed E-state index contributed by atoms with van der Waals surface area (Å²) in [7, 11) is 0. The molecule has 1 amide bonds. The van der Waals surface area contributed by atoms with Crippen LogP contribution in [0.1, 0.15) is 28.2 Å². The number of nitrogens with one attached hydrogen (secondary N) is 1. The molecule has 1 aliphatic rings. The third-order valence-electron chi connectivity index (χ3n) is 4.62. The van der Waals surface area contributed by atoms with Crippen LogP contribution in [0.15, 0.2) is 53.3 Å². The Morgan fingerprint density at radius 1 is 1.16 bits per heavy atom. The lowest BCUT2D eigenvalue weighted by Gasteiger charge is -2.08. The first-order valence-corrected chi connectivity index (χ1v) is 8.58. The van der Waals surface area contributed by atoms with Crippen molar-refractivity contribution in [2.75, 3.05) is 6.54 Å². The Balaban J connectivity index is 1.52. The van der Waals surface area contributed by atoms with Gasteiger partial charge in [-0.25, -0.2) is 4.98 Å². The molecule has 2 heterocycles. The van der Waals surface area contributed by atoms with E-state index in [4.69, 9.17) is 0 Å². The molecule has 1 aliphatic heterocycles. The molecule has 0 saturated carbocycles. The lowest BCUT2D eigenvalue weighted by Crippen LogP contribution is -2.26. The van der Waals surface area contributed by atoms with Crippen LogP contribution in [0.4, 0.5) is 0 Å². The summed E-state index contributed by atoms with van der Waals surface area (Å²) >= 11 is 0. The number of fused-ring (bicyclic) bond motifs is 2. The van der Waals surface area contributed by atoms with Crippen molar-refractivity contribution in [3.05, 3.63) is 75.8 Å². The Bertz CT molecular complexity index is 993. The fourth-order valence-electron chi connectivity index (χ4n) is 3.29. The quantitative estimate of drug-likeness (QED) is 0.797. The highest BCUT2D eigenvalue weighted by Gasteiger charge is 2.17. The van der Waals surface area contributed by atoms with Crippen LogP contribution < -0.4 is 10.9 Å². The fourth-order valence-corrected chi connectivity index (χ4v) is 3.29. The second-order valence-corrected chi connectivity index (χ2v) is 6.31. The van der Waals surface area contributed by atoms with E-state index < -0.39 is 0 Å².